The Morgan fingerprint density at radius 1 is 1.19 bits per heavy atom. The lowest BCUT2D eigenvalue weighted by Gasteiger charge is -2.30. The van der Waals surface area contributed by atoms with Crippen LogP contribution in [0.4, 0.5) is 0 Å². The average molecular weight is 386 g/mol. The average Bonchev–Trinajstić information content (AvgIpc) is 2.58. The van der Waals surface area contributed by atoms with Gasteiger partial charge in [-0.3, -0.25) is 0 Å². The number of ether oxygens (including phenoxy) is 1. The molecule has 26 heavy (non-hydrogen) atoms. The number of halogens is 1. The molecule has 1 aliphatic heterocycles. The van der Waals surface area contributed by atoms with Crippen molar-refractivity contribution in [3.8, 4) is 5.75 Å². The molecule has 0 spiro atoms. The Labute approximate surface area is 159 Å². The predicted molar refractivity (Wildman–Crippen MR) is 101 cm³/mol. The standard InChI is InChI=1S/C17H26ClNO.C2H2O4/c1-14-7-10-19(11-8-14)9-3-4-12-20-17-6-5-16(18)13-15(17)2;3-1(4)2(5)6/h5-6,13-14H,3-4,7-12H2,1-2H3;(H,3,4)(H,5,6). The number of piperidine rings is 1. The summed E-state index contributed by atoms with van der Waals surface area (Å²) in [5, 5.41) is 15.6. The van der Waals surface area contributed by atoms with Gasteiger partial charge in [0.15, 0.2) is 0 Å². The second-order valence-electron chi connectivity index (χ2n) is 6.60. The zero-order valence-corrected chi connectivity index (χ0v) is 16.2. The molecule has 7 heteroatoms. The van der Waals surface area contributed by atoms with E-state index in [1.807, 2.05) is 25.1 Å². The molecule has 0 unspecified atom stereocenters. The van der Waals surface area contributed by atoms with E-state index >= 15 is 0 Å². The highest BCUT2D eigenvalue weighted by molar-refractivity contribution is 6.30. The molecule has 1 heterocycles. The number of likely N-dealkylation sites (tertiary alicyclic amines) is 1. The van der Waals surface area contributed by atoms with Crippen LogP contribution < -0.4 is 4.74 Å². The first-order chi connectivity index (χ1) is 12.3. The van der Waals surface area contributed by atoms with Gasteiger partial charge in [-0.1, -0.05) is 18.5 Å². The van der Waals surface area contributed by atoms with Gasteiger partial charge in [-0.05, 0) is 81.9 Å². The lowest BCUT2D eigenvalue weighted by atomic mass is 9.99. The molecule has 0 aromatic heterocycles. The molecule has 0 bridgehead atoms. The molecule has 2 N–H and O–H groups in total. The van der Waals surface area contributed by atoms with Crippen LogP contribution in [-0.2, 0) is 9.59 Å². The van der Waals surface area contributed by atoms with Gasteiger partial charge in [0, 0.05) is 5.02 Å². The first-order valence-electron chi connectivity index (χ1n) is 8.87. The van der Waals surface area contributed by atoms with Crippen molar-refractivity contribution in [2.45, 2.75) is 39.5 Å². The van der Waals surface area contributed by atoms with E-state index in [2.05, 4.69) is 11.8 Å². The smallest absolute Gasteiger partial charge is 0.414 e. The third-order valence-corrected chi connectivity index (χ3v) is 4.56. The van der Waals surface area contributed by atoms with Crippen molar-refractivity contribution >= 4 is 23.5 Å². The van der Waals surface area contributed by atoms with Crippen molar-refractivity contribution < 1.29 is 24.5 Å². The maximum atomic E-state index is 9.10. The topological polar surface area (TPSA) is 87.1 Å². The molecular formula is C19H28ClNO5. The molecule has 1 saturated heterocycles. The van der Waals surface area contributed by atoms with E-state index in [0.717, 1.165) is 35.3 Å². The summed E-state index contributed by atoms with van der Waals surface area (Å²) in [5.41, 5.74) is 1.11. The minimum atomic E-state index is -1.82. The van der Waals surface area contributed by atoms with Gasteiger partial charge < -0.3 is 19.8 Å². The van der Waals surface area contributed by atoms with E-state index in [4.69, 9.17) is 36.1 Å². The minimum absolute atomic E-state index is 0.772. The lowest BCUT2D eigenvalue weighted by molar-refractivity contribution is -0.159. The number of aryl methyl sites for hydroxylation is 1. The number of hydrogen-bond donors (Lipinski definition) is 2. The maximum absolute atomic E-state index is 9.10. The summed E-state index contributed by atoms with van der Waals surface area (Å²) in [6.45, 7) is 8.97. The highest BCUT2D eigenvalue weighted by Gasteiger charge is 2.14. The predicted octanol–water partition coefficient (Wildman–Crippen LogP) is 3.69. The van der Waals surface area contributed by atoms with Crippen LogP contribution in [0.3, 0.4) is 0 Å². The third kappa shape index (κ3) is 9.06. The molecule has 1 aromatic carbocycles. The number of aliphatic carboxylic acids is 2. The Hall–Kier alpha value is -1.79. The molecule has 0 saturated carbocycles. The second kappa shape index (κ2) is 11.8. The summed E-state index contributed by atoms with van der Waals surface area (Å²) in [4.78, 5) is 20.8. The second-order valence-corrected chi connectivity index (χ2v) is 7.04. The Morgan fingerprint density at radius 3 is 2.35 bits per heavy atom. The van der Waals surface area contributed by atoms with E-state index in [-0.39, 0.29) is 0 Å². The number of carboxylic acid groups (broad SMARTS) is 2. The SMILES string of the molecule is Cc1cc(Cl)ccc1OCCCCN1CCC(C)CC1.O=C(O)C(=O)O. The molecular weight excluding hydrogens is 358 g/mol. The highest BCUT2D eigenvalue weighted by atomic mass is 35.5. The van der Waals surface area contributed by atoms with Crippen LogP contribution in [0.2, 0.25) is 5.02 Å². The molecule has 0 amide bonds. The minimum Gasteiger partial charge on any atom is -0.493 e. The van der Waals surface area contributed by atoms with Gasteiger partial charge in [0.05, 0.1) is 6.61 Å². The van der Waals surface area contributed by atoms with Crippen molar-refractivity contribution in [1.82, 2.24) is 4.90 Å². The van der Waals surface area contributed by atoms with Crippen LogP contribution in [0, 0.1) is 12.8 Å². The number of benzene rings is 1. The zero-order chi connectivity index (χ0) is 19.5. The van der Waals surface area contributed by atoms with Gasteiger partial charge in [-0.15, -0.1) is 0 Å². The number of nitrogens with zero attached hydrogens (tertiary/aromatic N) is 1. The van der Waals surface area contributed by atoms with Gasteiger partial charge in [0.25, 0.3) is 0 Å². The van der Waals surface area contributed by atoms with Gasteiger partial charge in [-0.25, -0.2) is 9.59 Å². The van der Waals surface area contributed by atoms with Crippen molar-refractivity contribution in [2.24, 2.45) is 5.92 Å². The summed E-state index contributed by atoms with van der Waals surface area (Å²) in [5.74, 6) is -1.77. The first kappa shape index (κ1) is 22.3. The van der Waals surface area contributed by atoms with E-state index in [9.17, 15) is 0 Å². The summed E-state index contributed by atoms with van der Waals surface area (Å²) < 4.78 is 5.82. The van der Waals surface area contributed by atoms with E-state index in [1.54, 1.807) is 0 Å². The van der Waals surface area contributed by atoms with Crippen LogP contribution in [0.1, 0.15) is 38.2 Å². The van der Waals surface area contributed by atoms with E-state index in [0.29, 0.717) is 0 Å². The summed E-state index contributed by atoms with van der Waals surface area (Å²) in [7, 11) is 0. The third-order valence-electron chi connectivity index (χ3n) is 4.32. The van der Waals surface area contributed by atoms with Gasteiger partial charge in [-0.2, -0.15) is 0 Å². The lowest BCUT2D eigenvalue weighted by Crippen LogP contribution is -2.33. The van der Waals surface area contributed by atoms with Crippen molar-refractivity contribution in [3.63, 3.8) is 0 Å². The van der Waals surface area contributed by atoms with E-state index < -0.39 is 11.9 Å². The number of carbonyl (C=O) groups is 2. The molecule has 0 aliphatic carbocycles. The molecule has 6 nitrogen and oxygen atoms in total. The Kier molecular flexibility index (Phi) is 10.1. The number of carboxylic acids is 2. The Morgan fingerprint density at radius 2 is 1.81 bits per heavy atom. The van der Waals surface area contributed by atoms with Crippen LogP contribution in [-0.4, -0.2) is 53.3 Å². The van der Waals surface area contributed by atoms with Crippen LogP contribution >= 0.6 is 11.6 Å². The van der Waals surface area contributed by atoms with Crippen LogP contribution in [0.15, 0.2) is 18.2 Å². The largest absolute Gasteiger partial charge is 0.493 e. The van der Waals surface area contributed by atoms with Gasteiger partial charge in [0.1, 0.15) is 5.75 Å². The van der Waals surface area contributed by atoms with E-state index in [1.165, 1.54) is 38.9 Å². The monoisotopic (exact) mass is 385 g/mol. The molecule has 0 radical (unpaired) electrons. The molecule has 1 fully saturated rings. The van der Waals surface area contributed by atoms with Gasteiger partial charge >= 0.3 is 11.9 Å². The number of unbranched alkanes of at least 4 members (excludes halogenated alkanes) is 1. The summed E-state index contributed by atoms with van der Waals surface area (Å²) >= 11 is 5.94. The fourth-order valence-corrected chi connectivity index (χ4v) is 2.91. The van der Waals surface area contributed by atoms with Crippen LogP contribution in [0.5, 0.6) is 5.75 Å². The van der Waals surface area contributed by atoms with Gasteiger partial charge in [0.2, 0.25) is 0 Å². The summed E-state index contributed by atoms with van der Waals surface area (Å²) in [6.07, 6.45) is 5.07. The molecule has 1 aromatic rings. The number of rotatable bonds is 6. The Bertz CT molecular complexity index is 573. The van der Waals surface area contributed by atoms with Crippen molar-refractivity contribution in [1.29, 1.82) is 0 Å². The van der Waals surface area contributed by atoms with Crippen LogP contribution in [0.25, 0.3) is 0 Å². The zero-order valence-electron chi connectivity index (χ0n) is 15.4. The normalized spacial score (nSPS) is 15.0. The van der Waals surface area contributed by atoms with Crippen molar-refractivity contribution in [2.75, 3.05) is 26.2 Å². The molecule has 146 valence electrons. The fourth-order valence-electron chi connectivity index (χ4n) is 2.68. The fraction of sp³-hybridized carbons (Fsp3) is 0.579. The Balaban J connectivity index is 0.000000487. The molecule has 2 rings (SSSR count). The van der Waals surface area contributed by atoms with Crippen molar-refractivity contribution in [3.05, 3.63) is 28.8 Å². The quantitative estimate of drug-likeness (QED) is 0.573. The molecule has 1 aliphatic rings. The maximum Gasteiger partial charge on any atom is 0.414 e. The summed E-state index contributed by atoms with van der Waals surface area (Å²) in [6, 6.07) is 5.80. The number of hydrogen-bond acceptors (Lipinski definition) is 4. The molecule has 0 atom stereocenters. The highest BCUT2D eigenvalue weighted by Crippen LogP contribution is 2.22. The first-order valence-corrected chi connectivity index (χ1v) is 9.25.